The second-order valence-electron chi connectivity index (χ2n) is 7.49. The molecule has 1 N–H and O–H groups in total. The summed E-state index contributed by atoms with van der Waals surface area (Å²) in [6.45, 7) is 4.80. The number of ether oxygens (including phenoxy) is 1. The zero-order valence-electron chi connectivity index (χ0n) is 17.8. The van der Waals surface area contributed by atoms with E-state index < -0.39 is 0 Å². The molecule has 1 aliphatic rings. The maximum atomic E-state index is 12.7. The number of pyridine rings is 1. The Morgan fingerprint density at radius 1 is 1.10 bits per heavy atom. The summed E-state index contributed by atoms with van der Waals surface area (Å²) in [7, 11) is 1.65. The second-order valence-corrected chi connectivity index (χ2v) is 7.49. The van der Waals surface area contributed by atoms with Gasteiger partial charge in [-0.3, -0.25) is 9.78 Å². The van der Waals surface area contributed by atoms with Crippen LogP contribution in [0.5, 0.6) is 5.75 Å². The number of hydrogen-bond donors (Lipinski definition) is 1. The lowest BCUT2D eigenvalue weighted by molar-refractivity contribution is -0.130. The second kappa shape index (κ2) is 9.42. The lowest BCUT2D eigenvalue weighted by Crippen LogP contribution is -2.49. The van der Waals surface area contributed by atoms with Crippen molar-refractivity contribution < 1.29 is 9.53 Å². The Balaban J connectivity index is 1.30. The quantitative estimate of drug-likeness (QED) is 0.659. The van der Waals surface area contributed by atoms with Gasteiger partial charge in [-0.15, -0.1) is 10.2 Å². The van der Waals surface area contributed by atoms with Crippen LogP contribution in [0.25, 0.3) is 0 Å². The predicted molar refractivity (Wildman–Crippen MR) is 120 cm³/mol. The molecule has 0 spiro atoms. The van der Waals surface area contributed by atoms with Gasteiger partial charge < -0.3 is 19.9 Å². The summed E-state index contributed by atoms with van der Waals surface area (Å²) in [5.74, 6) is 2.47. The zero-order chi connectivity index (χ0) is 21.6. The number of aryl methyl sites for hydroxylation is 1. The SMILES string of the molecule is COc1ccc(CC(=O)N2CCN(c3ccc(Nc4cccnc4)nn3)CC2)cc1C. The molecule has 3 aromatic rings. The fourth-order valence-corrected chi connectivity index (χ4v) is 3.67. The van der Waals surface area contributed by atoms with Crippen molar-refractivity contribution >= 4 is 23.2 Å². The summed E-state index contributed by atoms with van der Waals surface area (Å²) in [6.07, 6.45) is 3.86. The van der Waals surface area contributed by atoms with Crippen LogP contribution < -0.4 is 15.0 Å². The van der Waals surface area contributed by atoms with Gasteiger partial charge >= 0.3 is 0 Å². The van der Waals surface area contributed by atoms with Crippen LogP contribution in [-0.4, -0.2) is 59.3 Å². The lowest BCUT2D eigenvalue weighted by Gasteiger charge is -2.35. The summed E-state index contributed by atoms with van der Waals surface area (Å²) in [6, 6.07) is 13.5. The van der Waals surface area contributed by atoms with E-state index in [1.807, 2.05) is 54.3 Å². The number of carbonyl (C=O) groups excluding carboxylic acids is 1. The van der Waals surface area contributed by atoms with Gasteiger partial charge in [0.2, 0.25) is 5.91 Å². The molecule has 0 aliphatic carbocycles. The van der Waals surface area contributed by atoms with Gasteiger partial charge in [0.25, 0.3) is 0 Å². The molecule has 0 atom stereocenters. The van der Waals surface area contributed by atoms with E-state index in [2.05, 4.69) is 25.4 Å². The molecule has 8 heteroatoms. The van der Waals surface area contributed by atoms with E-state index in [4.69, 9.17) is 4.74 Å². The number of nitrogens with one attached hydrogen (secondary N) is 1. The van der Waals surface area contributed by atoms with Crippen molar-refractivity contribution in [3.63, 3.8) is 0 Å². The van der Waals surface area contributed by atoms with Crippen LogP contribution >= 0.6 is 0 Å². The van der Waals surface area contributed by atoms with Gasteiger partial charge in [-0.05, 0) is 48.4 Å². The first-order valence-corrected chi connectivity index (χ1v) is 10.3. The highest BCUT2D eigenvalue weighted by Gasteiger charge is 2.22. The number of hydrogen-bond acceptors (Lipinski definition) is 7. The largest absolute Gasteiger partial charge is 0.496 e. The lowest BCUT2D eigenvalue weighted by atomic mass is 10.1. The minimum atomic E-state index is 0.145. The van der Waals surface area contributed by atoms with E-state index >= 15 is 0 Å². The molecule has 1 amide bonds. The van der Waals surface area contributed by atoms with E-state index in [-0.39, 0.29) is 5.91 Å². The Morgan fingerprint density at radius 2 is 1.94 bits per heavy atom. The van der Waals surface area contributed by atoms with Gasteiger partial charge in [-0.25, -0.2) is 0 Å². The van der Waals surface area contributed by atoms with Gasteiger partial charge in [0, 0.05) is 32.4 Å². The maximum Gasteiger partial charge on any atom is 0.227 e. The molecule has 31 heavy (non-hydrogen) atoms. The third-order valence-electron chi connectivity index (χ3n) is 5.36. The molecular formula is C23H26N6O2. The van der Waals surface area contributed by atoms with Gasteiger partial charge in [-0.2, -0.15) is 0 Å². The van der Waals surface area contributed by atoms with Crippen molar-refractivity contribution in [1.29, 1.82) is 0 Å². The van der Waals surface area contributed by atoms with Crippen molar-refractivity contribution in [2.24, 2.45) is 0 Å². The van der Waals surface area contributed by atoms with Crippen LogP contribution in [0.4, 0.5) is 17.3 Å². The summed E-state index contributed by atoms with van der Waals surface area (Å²) in [4.78, 5) is 20.9. The van der Waals surface area contributed by atoms with Crippen LogP contribution in [-0.2, 0) is 11.2 Å². The number of amides is 1. The van der Waals surface area contributed by atoms with Crippen molar-refractivity contribution in [1.82, 2.24) is 20.1 Å². The van der Waals surface area contributed by atoms with Gasteiger partial charge in [0.05, 0.1) is 25.4 Å². The Labute approximate surface area is 181 Å². The molecular weight excluding hydrogens is 392 g/mol. The highest BCUT2D eigenvalue weighted by atomic mass is 16.5. The summed E-state index contributed by atoms with van der Waals surface area (Å²) in [5.41, 5.74) is 2.91. The van der Waals surface area contributed by atoms with Gasteiger partial charge in [-0.1, -0.05) is 12.1 Å². The van der Waals surface area contributed by atoms with E-state index in [0.29, 0.717) is 25.3 Å². The first-order valence-electron chi connectivity index (χ1n) is 10.3. The number of carbonyl (C=O) groups is 1. The van der Waals surface area contributed by atoms with Crippen LogP contribution in [0, 0.1) is 6.92 Å². The summed E-state index contributed by atoms with van der Waals surface area (Å²) < 4.78 is 5.29. The highest BCUT2D eigenvalue weighted by Crippen LogP contribution is 2.20. The molecule has 1 saturated heterocycles. The number of methoxy groups -OCH3 is 1. The molecule has 3 heterocycles. The average Bonchev–Trinajstić information content (AvgIpc) is 2.80. The molecule has 160 valence electrons. The Morgan fingerprint density at radius 3 is 2.58 bits per heavy atom. The van der Waals surface area contributed by atoms with Crippen molar-refractivity contribution in [2.45, 2.75) is 13.3 Å². The highest BCUT2D eigenvalue weighted by molar-refractivity contribution is 5.79. The average molecular weight is 419 g/mol. The van der Waals surface area contributed by atoms with Crippen LogP contribution in [0.3, 0.4) is 0 Å². The standard InChI is InChI=1S/C23H26N6O2/c1-17-14-18(5-6-20(17)31-2)15-23(30)29-12-10-28(11-13-29)22-8-7-21(26-27-22)25-19-4-3-9-24-16-19/h3-9,14,16H,10-13,15H2,1-2H3,(H,25,26). The van der Waals surface area contributed by atoms with Crippen LogP contribution in [0.15, 0.2) is 54.9 Å². The third-order valence-corrected chi connectivity index (χ3v) is 5.36. The van der Waals surface area contributed by atoms with Crippen LogP contribution in [0.2, 0.25) is 0 Å². The molecule has 0 bridgehead atoms. The van der Waals surface area contributed by atoms with Gasteiger partial charge in [0.15, 0.2) is 11.6 Å². The summed E-state index contributed by atoms with van der Waals surface area (Å²) in [5, 5.41) is 11.8. The van der Waals surface area contributed by atoms with E-state index in [9.17, 15) is 4.79 Å². The minimum Gasteiger partial charge on any atom is -0.496 e. The van der Waals surface area contributed by atoms with Gasteiger partial charge in [0.1, 0.15) is 5.75 Å². The first-order chi connectivity index (χ1) is 15.1. The van der Waals surface area contributed by atoms with Crippen LogP contribution in [0.1, 0.15) is 11.1 Å². The minimum absolute atomic E-state index is 0.145. The number of aromatic nitrogens is 3. The molecule has 8 nitrogen and oxygen atoms in total. The monoisotopic (exact) mass is 418 g/mol. The number of anilines is 3. The first kappa shape index (κ1) is 20.6. The molecule has 2 aromatic heterocycles. The Bertz CT molecular complexity index is 1020. The molecule has 0 radical (unpaired) electrons. The maximum absolute atomic E-state index is 12.7. The molecule has 0 unspecified atom stereocenters. The van der Waals surface area contributed by atoms with E-state index in [1.54, 1.807) is 19.5 Å². The third kappa shape index (κ3) is 5.09. The molecule has 1 aromatic carbocycles. The van der Waals surface area contributed by atoms with Crippen molar-refractivity contribution in [3.8, 4) is 5.75 Å². The normalized spacial score (nSPS) is 13.7. The fourth-order valence-electron chi connectivity index (χ4n) is 3.67. The molecule has 1 aliphatic heterocycles. The number of piperazine rings is 1. The van der Waals surface area contributed by atoms with Crippen molar-refractivity contribution in [3.05, 3.63) is 66.0 Å². The Kier molecular flexibility index (Phi) is 6.26. The molecule has 4 rings (SSSR count). The fraction of sp³-hybridized carbons (Fsp3) is 0.304. The smallest absolute Gasteiger partial charge is 0.227 e. The number of benzene rings is 1. The van der Waals surface area contributed by atoms with E-state index in [0.717, 1.165) is 41.5 Å². The zero-order valence-corrected chi connectivity index (χ0v) is 17.8. The van der Waals surface area contributed by atoms with Crippen molar-refractivity contribution in [2.75, 3.05) is 43.5 Å². The molecule has 0 saturated carbocycles. The Hall–Kier alpha value is -3.68. The molecule has 1 fully saturated rings. The topological polar surface area (TPSA) is 83.5 Å². The summed E-state index contributed by atoms with van der Waals surface area (Å²) >= 11 is 0. The van der Waals surface area contributed by atoms with E-state index in [1.165, 1.54) is 0 Å². The number of nitrogens with zero attached hydrogens (tertiary/aromatic N) is 5. The predicted octanol–water partition coefficient (Wildman–Crippen LogP) is 2.82. The number of rotatable bonds is 6.